The number of aryl methyl sites for hydroxylation is 1. The van der Waals surface area contributed by atoms with Crippen molar-refractivity contribution in [3.05, 3.63) is 39.4 Å². The first-order valence-electron chi connectivity index (χ1n) is 6.06. The van der Waals surface area contributed by atoms with Crippen molar-refractivity contribution in [3.8, 4) is 5.75 Å². The fourth-order valence-electron chi connectivity index (χ4n) is 1.53. The van der Waals surface area contributed by atoms with Gasteiger partial charge in [0.2, 0.25) is 5.13 Å². The van der Waals surface area contributed by atoms with Crippen LogP contribution in [0, 0.1) is 10.1 Å². The van der Waals surface area contributed by atoms with Crippen molar-refractivity contribution in [2.24, 2.45) is 0 Å². The van der Waals surface area contributed by atoms with E-state index in [0.29, 0.717) is 12.4 Å². The molecule has 1 N–H and O–H groups in total. The number of ether oxygens (including phenoxy) is 1. The van der Waals surface area contributed by atoms with Crippen molar-refractivity contribution in [1.82, 2.24) is 10.2 Å². The van der Waals surface area contributed by atoms with E-state index in [-0.39, 0.29) is 5.69 Å². The highest BCUT2D eigenvalue weighted by atomic mass is 32.1. The second-order valence-electron chi connectivity index (χ2n) is 3.95. The van der Waals surface area contributed by atoms with Crippen LogP contribution in [0.4, 0.5) is 10.8 Å². The van der Waals surface area contributed by atoms with E-state index in [0.717, 1.165) is 23.0 Å². The predicted octanol–water partition coefficient (Wildman–Crippen LogP) is 2.50. The molecule has 2 aromatic rings. The molecule has 0 amide bonds. The lowest BCUT2D eigenvalue weighted by Crippen LogP contribution is -1.99. The van der Waals surface area contributed by atoms with Crippen LogP contribution in [0.5, 0.6) is 5.75 Å². The Hall–Kier alpha value is -2.22. The van der Waals surface area contributed by atoms with Gasteiger partial charge in [0.15, 0.2) is 0 Å². The standard InChI is InChI=1S/C12H14N4O3S/c1-13-12-15-14-11(20-12)3-2-8-19-10-6-4-9(5-7-10)16(17)18/h4-7H,2-3,8H2,1H3,(H,13,15). The minimum Gasteiger partial charge on any atom is -0.494 e. The van der Waals surface area contributed by atoms with Crippen LogP contribution in [0.15, 0.2) is 24.3 Å². The number of nitrogens with zero attached hydrogens (tertiary/aromatic N) is 3. The molecular formula is C12H14N4O3S. The van der Waals surface area contributed by atoms with Crippen molar-refractivity contribution in [1.29, 1.82) is 0 Å². The van der Waals surface area contributed by atoms with Crippen molar-refractivity contribution in [2.45, 2.75) is 12.8 Å². The summed E-state index contributed by atoms with van der Waals surface area (Å²) in [6.45, 7) is 0.534. The van der Waals surface area contributed by atoms with Gasteiger partial charge in [0.05, 0.1) is 11.5 Å². The highest BCUT2D eigenvalue weighted by Gasteiger charge is 2.05. The quantitative estimate of drug-likeness (QED) is 0.479. The summed E-state index contributed by atoms with van der Waals surface area (Å²) in [7, 11) is 1.81. The summed E-state index contributed by atoms with van der Waals surface area (Å²) < 4.78 is 5.51. The largest absolute Gasteiger partial charge is 0.494 e. The molecule has 2 rings (SSSR count). The zero-order valence-corrected chi connectivity index (χ0v) is 11.7. The molecule has 0 spiro atoms. The average Bonchev–Trinajstić information content (AvgIpc) is 2.92. The summed E-state index contributed by atoms with van der Waals surface area (Å²) in [5, 5.41) is 23.2. The van der Waals surface area contributed by atoms with E-state index < -0.39 is 4.92 Å². The number of nitro benzene ring substituents is 1. The molecule has 7 nitrogen and oxygen atoms in total. The van der Waals surface area contributed by atoms with Crippen molar-refractivity contribution < 1.29 is 9.66 Å². The minimum absolute atomic E-state index is 0.0609. The second-order valence-corrected chi connectivity index (χ2v) is 5.02. The molecule has 1 aromatic heterocycles. The number of hydrogen-bond acceptors (Lipinski definition) is 7. The molecular weight excluding hydrogens is 280 g/mol. The molecule has 1 heterocycles. The van der Waals surface area contributed by atoms with Crippen LogP contribution in [0.1, 0.15) is 11.4 Å². The van der Waals surface area contributed by atoms with Gasteiger partial charge in [-0.15, -0.1) is 10.2 Å². The zero-order valence-electron chi connectivity index (χ0n) is 10.9. The Bertz CT molecular complexity index is 570. The van der Waals surface area contributed by atoms with Crippen LogP contribution in [0.25, 0.3) is 0 Å². The number of nitrogens with one attached hydrogen (secondary N) is 1. The third kappa shape index (κ3) is 3.89. The molecule has 0 unspecified atom stereocenters. The summed E-state index contributed by atoms with van der Waals surface area (Å²) in [6, 6.07) is 6.06. The Labute approximate surface area is 119 Å². The van der Waals surface area contributed by atoms with Gasteiger partial charge < -0.3 is 10.1 Å². The van der Waals surface area contributed by atoms with E-state index in [2.05, 4.69) is 15.5 Å². The monoisotopic (exact) mass is 294 g/mol. The Balaban J connectivity index is 1.74. The number of benzene rings is 1. The fourth-order valence-corrected chi connectivity index (χ4v) is 2.27. The Morgan fingerprint density at radius 1 is 1.35 bits per heavy atom. The Morgan fingerprint density at radius 2 is 2.10 bits per heavy atom. The van der Waals surface area contributed by atoms with Crippen LogP contribution < -0.4 is 10.1 Å². The molecule has 0 saturated heterocycles. The molecule has 8 heteroatoms. The normalized spacial score (nSPS) is 10.2. The van der Waals surface area contributed by atoms with Gasteiger partial charge in [-0.1, -0.05) is 11.3 Å². The molecule has 0 aliphatic carbocycles. The van der Waals surface area contributed by atoms with Crippen LogP contribution in [-0.2, 0) is 6.42 Å². The summed E-state index contributed by atoms with van der Waals surface area (Å²) in [5.41, 5.74) is 0.0609. The van der Waals surface area contributed by atoms with E-state index >= 15 is 0 Å². The smallest absolute Gasteiger partial charge is 0.269 e. The molecule has 106 valence electrons. The number of hydrogen-bond donors (Lipinski definition) is 1. The minimum atomic E-state index is -0.432. The van der Waals surface area contributed by atoms with Crippen LogP contribution >= 0.6 is 11.3 Å². The topological polar surface area (TPSA) is 90.2 Å². The van der Waals surface area contributed by atoms with Crippen molar-refractivity contribution in [3.63, 3.8) is 0 Å². The highest BCUT2D eigenvalue weighted by molar-refractivity contribution is 7.15. The molecule has 20 heavy (non-hydrogen) atoms. The van der Waals surface area contributed by atoms with Crippen LogP contribution in [-0.4, -0.2) is 28.8 Å². The SMILES string of the molecule is CNc1nnc(CCCOc2ccc([N+](=O)[O-])cc2)s1. The highest BCUT2D eigenvalue weighted by Crippen LogP contribution is 2.18. The van der Waals surface area contributed by atoms with Gasteiger partial charge in [-0.25, -0.2) is 0 Å². The van der Waals surface area contributed by atoms with E-state index in [9.17, 15) is 10.1 Å². The van der Waals surface area contributed by atoms with E-state index in [1.165, 1.54) is 23.5 Å². The number of anilines is 1. The lowest BCUT2D eigenvalue weighted by molar-refractivity contribution is -0.384. The zero-order chi connectivity index (χ0) is 14.4. The summed E-state index contributed by atoms with van der Waals surface area (Å²) in [4.78, 5) is 10.1. The van der Waals surface area contributed by atoms with Gasteiger partial charge in [-0.3, -0.25) is 10.1 Å². The van der Waals surface area contributed by atoms with E-state index in [1.54, 1.807) is 12.1 Å². The fraction of sp³-hybridized carbons (Fsp3) is 0.333. The molecule has 1 aromatic carbocycles. The maximum absolute atomic E-state index is 10.5. The third-order valence-electron chi connectivity index (χ3n) is 2.53. The lowest BCUT2D eigenvalue weighted by Gasteiger charge is -2.04. The first-order valence-corrected chi connectivity index (χ1v) is 6.88. The molecule has 0 aliphatic heterocycles. The van der Waals surface area contributed by atoms with Gasteiger partial charge in [0.25, 0.3) is 5.69 Å². The maximum atomic E-state index is 10.5. The van der Waals surface area contributed by atoms with Gasteiger partial charge in [0, 0.05) is 25.6 Å². The second kappa shape index (κ2) is 6.80. The van der Waals surface area contributed by atoms with Crippen LogP contribution in [0.3, 0.4) is 0 Å². The summed E-state index contributed by atoms with van der Waals surface area (Å²) in [6.07, 6.45) is 1.61. The molecule has 0 aliphatic rings. The summed E-state index contributed by atoms with van der Waals surface area (Å²) in [5.74, 6) is 0.628. The van der Waals surface area contributed by atoms with Gasteiger partial charge in [0.1, 0.15) is 10.8 Å². The molecule has 0 saturated carbocycles. The third-order valence-corrected chi connectivity index (χ3v) is 3.53. The molecule has 0 bridgehead atoms. The van der Waals surface area contributed by atoms with Crippen molar-refractivity contribution in [2.75, 3.05) is 19.0 Å². The number of rotatable bonds is 7. The first kappa shape index (κ1) is 14.2. The number of non-ortho nitro benzene ring substituents is 1. The van der Waals surface area contributed by atoms with Crippen LogP contribution in [0.2, 0.25) is 0 Å². The molecule has 0 fully saturated rings. The number of aromatic nitrogens is 2. The predicted molar refractivity (Wildman–Crippen MR) is 76.4 cm³/mol. The Kier molecular flexibility index (Phi) is 4.83. The Morgan fingerprint density at radius 3 is 2.70 bits per heavy atom. The van der Waals surface area contributed by atoms with Gasteiger partial charge in [-0.2, -0.15) is 0 Å². The lowest BCUT2D eigenvalue weighted by atomic mass is 10.3. The van der Waals surface area contributed by atoms with E-state index in [4.69, 9.17) is 4.74 Å². The molecule has 0 radical (unpaired) electrons. The average molecular weight is 294 g/mol. The summed E-state index contributed by atoms with van der Waals surface area (Å²) >= 11 is 1.52. The number of nitro groups is 1. The van der Waals surface area contributed by atoms with Gasteiger partial charge in [-0.05, 0) is 18.6 Å². The maximum Gasteiger partial charge on any atom is 0.269 e. The van der Waals surface area contributed by atoms with Crippen molar-refractivity contribution >= 4 is 22.2 Å². The van der Waals surface area contributed by atoms with Gasteiger partial charge >= 0.3 is 0 Å². The molecule has 0 atom stereocenters. The first-order chi connectivity index (χ1) is 9.69. The van der Waals surface area contributed by atoms with E-state index in [1.807, 2.05) is 7.05 Å².